The fraction of sp³-hybridized carbons (Fsp3) is 0.556. The highest BCUT2D eigenvalue weighted by atomic mass is 32.2. The molecular formula is C9H14O4S2. The molecule has 0 radical (unpaired) electrons. The Morgan fingerprint density at radius 3 is 2.00 bits per heavy atom. The maximum absolute atomic E-state index is 11.5. The molecule has 0 aromatic heterocycles. The fourth-order valence-electron chi connectivity index (χ4n) is 1.67. The first-order valence-electron chi connectivity index (χ1n) is 4.45. The van der Waals surface area contributed by atoms with E-state index >= 15 is 0 Å². The summed E-state index contributed by atoms with van der Waals surface area (Å²) in [5, 5.41) is 0. The van der Waals surface area contributed by atoms with E-state index in [1.165, 1.54) is 6.08 Å². The summed E-state index contributed by atoms with van der Waals surface area (Å²) in [5.41, 5.74) is 0. The largest absolute Gasteiger partial charge is 0.224 e. The van der Waals surface area contributed by atoms with E-state index in [0.717, 1.165) is 12.5 Å². The minimum Gasteiger partial charge on any atom is -0.224 e. The Kier molecular flexibility index (Phi) is 3.11. The molecule has 0 aromatic carbocycles. The zero-order chi connectivity index (χ0) is 11.9. The number of hydrogen-bond donors (Lipinski definition) is 0. The van der Waals surface area contributed by atoms with E-state index in [4.69, 9.17) is 0 Å². The third-order valence-corrected chi connectivity index (χ3v) is 4.95. The highest BCUT2D eigenvalue weighted by Gasteiger charge is 2.28. The number of allylic oxidation sites excluding steroid dienone is 3. The highest BCUT2D eigenvalue weighted by Crippen LogP contribution is 2.31. The summed E-state index contributed by atoms with van der Waals surface area (Å²) in [5.74, 6) is -0.269. The summed E-state index contributed by atoms with van der Waals surface area (Å²) >= 11 is 0. The van der Waals surface area contributed by atoms with Crippen LogP contribution in [0.3, 0.4) is 0 Å². The Bertz CT molecular complexity index is 520. The molecule has 15 heavy (non-hydrogen) atoms. The van der Waals surface area contributed by atoms with Gasteiger partial charge < -0.3 is 0 Å². The molecule has 4 nitrogen and oxygen atoms in total. The molecule has 0 aromatic rings. The second kappa shape index (κ2) is 3.75. The van der Waals surface area contributed by atoms with Gasteiger partial charge in [0.15, 0.2) is 19.7 Å². The summed E-state index contributed by atoms with van der Waals surface area (Å²) in [6, 6.07) is 0. The van der Waals surface area contributed by atoms with Crippen LogP contribution in [0.1, 0.15) is 13.3 Å². The smallest absolute Gasteiger partial charge is 0.176 e. The van der Waals surface area contributed by atoms with Gasteiger partial charge in [-0.15, -0.1) is 0 Å². The Hall–Kier alpha value is -0.620. The summed E-state index contributed by atoms with van der Waals surface area (Å²) in [6.07, 6.45) is 5.70. The maximum atomic E-state index is 11.5. The van der Waals surface area contributed by atoms with Crippen LogP contribution in [0.15, 0.2) is 22.0 Å². The first-order valence-corrected chi connectivity index (χ1v) is 8.23. The lowest BCUT2D eigenvalue weighted by Crippen LogP contribution is -2.18. The molecule has 0 heterocycles. The van der Waals surface area contributed by atoms with Gasteiger partial charge in [0.25, 0.3) is 0 Å². The van der Waals surface area contributed by atoms with Crippen molar-refractivity contribution in [2.75, 3.05) is 12.5 Å². The van der Waals surface area contributed by atoms with E-state index in [2.05, 4.69) is 0 Å². The molecular weight excluding hydrogens is 236 g/mol. The van der Waals surface area contributed by atoms with E-state index in [1.54, 1.807) is 13.0 Å². The third-order valence-electron chi connectivity index (χ3n) is 2.25. The molecule has 0 amide bonds. The van der Waals surface area contributed by atoms with Gasteiger partial charge in [-0.3, -0.25) is 0 Å². The normalized spacial score (nSPS) is 23.3. The molecule has 1 rings (SSSR count). The molecule has 1 unspecified atom stereocenters. The Labute approximate surface area is 90.5 Å². The Morgan fingerprint density at radius 2 is 1.67 bits per heavy atom. The molecule has 0 aliphatic heterocycles. The van der Waals surface area contributed by atoms with Gasteiger partial charge in [0.1, 0.15) is 0 Å². The second-order valence-electron chi connectivity index (χ2n) is 3.81. The van der Waals surface area contributed by atoms with Crippen molar-refractivity contribution in [2.45, 2.75) is 13.3 Å². The van der Waals surface area contributed by atoms with Crippen molar-refractivity contribution in [1.29, 1.82) is 0 Å². The molecule has 6 heteroatoms. The van der Waals surface area contributed by atoms with E-state index in [9.17, 15) is 16.8 Å². The average Bonchev–Trinajstić information content (AvgIpc) is 1.99. The van der Waals surface area contributed by atoms with Crippen LogP contribution >= 0.6 is 0 Å². The SMILES string of the molecule is CC1CC=CC(S(C)(=O)=O)=C1S(C)(=O)=O. The van der Waals surface area contributed by atoms with Crippen molar-refractivity contribution < 1.29 is 16.8 Å². The molecule has 0 saturated carbocycles. The Balaban J connectivity index is 3.59. The monoisotopic (exact) mass is 250 g/mol. The molecule has 0 N–H and O–H groups in total. The van der Waals surface area contributed by atoms with Crippen molar-refractivity contribution in [1.82, 2.24) is 0 Å². The predicted molar refractivity (Wildman–Crippen MR) is 59.6 cm³/mol. The maximum Gasteiger partial charge on any atom is 0.176 e. The molecule has 1 aliphatic carbocycles. The molecule has 0 fully saturated rings. The lowest BCUT2D eigenvalue weighted by molar-refractivity contribution is 0.590. The number of sulfone groups is 2. The minimum absolute atomic E-state index is 0.0347. The van der Waals surface area contributed by atoms with Crippen LogP contribution in [-0.4, -0.2) is 29.3 Å². The lowest BCUT2D eigenvalue weighted by atomic mass is 10.0. The van der Waals surface area contributed by atoms with Crippen LogP contribution in [0.2, 0.25) is 0 Å². The quantitative estimate of drug-likeness (QED) is 0.729. The topological polar surface area (TPSA) is 68.3 Å². The zero-order valence-corrected chi connectivity index (χ0v) is 10.5. The predicted octanol–water partition coefficient (Wildman–Crippen LogP) is 0.883. The molecule has 0 spiro atoms. The summed E-state index contributed by atoms with van der Waals surface area (Å²) in [4.78, 5) is -0.0312. The fourth-order valence-corrected chi connectivity index (χ4v) is 4.74. The van der Waals surface area contributed by atoms with E-state index in [0.29, 0.717) is 6.42 Å². The van der Waals surface area contributed by atoms with Gasteiger partial charge in [-0.2, -0.15) is 0 Å². The van der Waals surface area contributed by atoms with E-state index in [-0.39, 0.29) is 15.7 Å². The molecule has 1 aliphatic rings. The first-order chi connectivity index (χ1) is 6.64. The van der Waals surface area contributed by atoms with Gasteiger partial charge in [-0.25, -0.2) is 16.8 Å². The average molecular weight is 250 g/mol. The minimum atomic E-state index is -3.48. The molecule has 86 valence electrons. The summed E-state index contributed by atoms with van der Waals surface area (Å²) in [6.45, 7) is 1.71. The van der Waals surface area contributed by atoms with Crippen LogP contribution < -0.4 is 0 Å². The molecule has 0 bridgehead atoms. The highest BCUT2D eigenvalue weighted by molar-refractivity contribution is 7.98. The third kappa shape index (κ3) is 2.69. The number of rotatable bonds is 2. The van der Waals surface area contributed by atoms with Crippen LogP contribution in [0, 0.1) is 5.92 Å². The van der Waals surface area contributed by atoms with E-state index < -0.39 is 19.7 Å². The van der Waals surface area contributed by atoms with Gasteiger partial charge in [0.2, 0.25) is 0 Å². The van der Waals surface area contributed by atoms with Gasteiger partial charge in [-0.05, 0) is 18.4 Å². The standard InChI is InChI=1S/C9H14O4S2/c1-7-5-4-6-8(14(2,10)11)9(7)15(3,12)13/h4,6-7H,5H2,1-3H3. The first kappa shape index (κ1) is 12.4. The van der Waals surface area contributed by atoms with Crippen molar-refractivity contribution in [2.24, 2.45) is 5.92 Å². The van der Waals surface area contributed by atoms with Crippen LogP contribution in [0.5, 0.6) is 0 Å². The summed E-state index contributed by atoms with van der Waals surface area (Å²) < 4.78 is 45.8. The molecule has 0 saturated heterocycles. The van der Waals surface area contributed by atoms with Crippen LogP contribution in [0.25, 0.3) is 0 Å². The van der Waals surface area contributed by atoms with Gasteiger partial charge in [0.05, 0.1) is 9.81 Å². The van der Waals surface area contributed by atoms with E-state index in [1.807, 2.05) is 0 Å². The van der Waals surface area contributed by atoms with Crippen LogP contribution in [-0.2, 0) is 19.7 Å². The Morgan fingerprint density at radius 1 is 1.13 bits per heavy atom. The van der Waals surface area contributed by atoms with Crippen molar-refractivity contribution in [3.63, 3.8) is 0 Å². The van der Waals surface area contributed by atoms with Gasteiger partial charge in [-0.1, -0.05) is 13.0 Å². The molecule has 1 atom stereocenters. The van der Waals surface area contributed by atoms with Gasteiger partial charge in [0, 0.05) is 12.5 Å². The summed E-state index contributed by atoms with van der Waals surface area (Å²) in [7, 11) is -6.94. The van der Waals surface area contributed by atoms with Crippen molar-refractivity contribution >= 4 is 19.7 Å². The lowest BCUT2D eigenvalue weighted by Gasteiger charge is -2.19. The zero-order valence-electron chi connectivity index (χ0n) is 8.89. The van der Waals surface area contributed by atoms with Crippen molar-refractivity contribution in [3.05, 3.63) is 22.0 Å². The van der Waals surface area contributed by atoms with Gasteiger partial charge >= 0.3 is 0 Å². The van der Waals surface area contributed by atoms with Crippen molar-refractivity contribution in [3.8, 4) is 0 Å². The van der Waals surface area contributed by atoms with Crippen LogP contribution in [0.4, 0.5) is 0 Å². The second-order valence-corrected chi connectivity index (χ2v) is 7.78. The number of hydrogen-bond acceptors (Lipinski definition) is 4.